The van der Waals surface area contributed by atoms with E-state index in [9.17, 15) is 0 Å². The smallest absolute Gasteiger partial charge is 0.0735 e. The summed E-state index contributed by atoms with van der Waals surface area (Å²) in [5, 5.41) is 5.74. The predicted molar refractivity (Wildman–Crippen MR) is 78.3 cm³/mol. The van der Waals surface area contributed by atoms with Gasteiger partial charge >= 0.3 is 0 Å². The van der Waals surface area contributed by atoms with Gasteiger partial charge in [-0.15, -0.1) is 0 Å². The number of aryl methyl sites for hydroxylation is 2. The molecule has 3 aromatic rings. The van der Waals surface area contributed by atoms with Crippen LogP contribution in [0.5, 0.6) is 0 Å². The fourth-order valence-electron chi connectivity index (χ4n) is 2.67. The van der Waals surface area contributed by atoms with Crippen LogP contribution in [0.4, 0.5) is 5.69 Å². The Labute approximate surface area is 107 Å². The van der Waals surface area contributed by atoms with Crippen molar-refractivity contribution in [2.24, 2.45) is 0 Å². The highest BCUT2D eigenvalue weighted by Crippen LogP contribution is 2.33. The molecule has 0 saturated carbocycles. The molecule has 3 rings (SSSR count). The van der Waals surface area contributed by atoms with Gasteiger partial charge in [-0.3, -0.25) is 0 Å². The van der Waals surface area contributed by atoms with Crippen LogP contribution >= 0.6 is 0 Å². The summed E-state index contributed by atoms with van der Waals surface area (Å²) < 4.78 is 0. The summed E-state index contributed by atoms with van der Waals surface area (Å²) in [6.07, 6.45) is 0. The Kier molecular flexibility index (Phi) is 2.44. The van der Waals surface area contributed by atoms with Crippen LogP contribution in [0, 0.1) is 13.8 Å². The molecule has 90 valence electrons. The zero-order chi connectivity index (χ0) is 12.7. The van der Waals surface area contributed by atoms with Gasteiger partial charge in [-0.05, 0) is 37.1 Å². The summed E-state index contributed by atoms with van der Waals surface area (Å²) in [5.74, 6) is 0. The number of fused-ring (bicyclic) bond motifs is 2. The molecule has 1 aromatic heterocycles. The molecule has 0 spiro atoms. The second-order valence-electron chi connectivity index (χ2n) is 4.73. The zero-order valence-electron chi connectivity index (χ0n) is 10.9. The first-order valence-electron chi connectivity index (χ1n) is 6.18. The minimum atomic E-state index is 1.04. The maximum absolute atomic E-state index is 4.77. The largest absolute Gasteiger partial charge is 0.387 e. The molecule has 0 amide bonds. The van der Waals surface area contributed by atoms with Crippen molar-refractivity contribution in [1.82, 2.24) is 4.98 Å². The minimum Gasteiger partial charge on any atom is -0.387 e. The quantitative estimate of drug-likeness (QED) is 0.645. The number of para-hydroxylation sites is 1. The molecule has 0 bridgehead atoms. The average molecular weight is 236 g/mol. The lowest BCUT2D eigenvalue weighted by Crippen LogP contribution is -1.96. The van der Waals surface area contributed by atoms with E-state index in [-0.39, 0.29) is 0 Å². The molecule has 0 unspecified atom stereocenters. The molecule has 0 fully saturated rings. The number of pyridine rings is 1. The molecule has 0 radical (unpaired) electrons. The van der Waals surface area contributed by atoms with Gasteiger partial charge in [0.05, 0.1) is 16.7 Å². The van der Waals surface area contributed by atoms with Crippen molar-refractivity contribution in [2.75, 3.05) is 12.4 Å². The monoisotopic (exact) mass is 236 g/mol. The summed E-state index contributed by atoms with van der Waals surface area (Å²) in [7, 11) is 1.97. The van der Waals surface area contributed by atoms with Crippen LogP contribution in [0.2, 0.25) is 0 Å². The number of nitrogens with one attached hydrogen (secondary N) is 1. The SMILES string of the molecule is CNc1c2ccccc2nc2cc(C)cc(C)c12. The van der Waals surface area contributed by atoms with E-state index >= 15 is 0 Å². The third-order valence-electron chi connectivity index (χ3n) is 3.37. The maximum atomic E-state index is 4.77. The standard InChI is InChI=1S/C16H16N2/c1-10-8-11(2)15-14(9-10)18-13-7-5-4-6-12(13)16(15)17-3/h4-9H,1-3H3,(H,17,18). The highest BCUT2D eigenvalue weighted by atomic mass is 14.8. The second kappa shape index (κ2) is 3.98. The lowest BCUT2D eigenvalue weighted by molar-refractivity contribution is 1.38. The van der Waals surface area contributed by atoms with Gasteiger partial charge in [0.25, 0.3) is 0 Å². The molecule has 0 saturated heterocycles. The van der Waals surface area contributed by atoms with E-state index in [1.165, 1.54) is 27.6 Å². The van der Waals surface area contributed by atoms with Gasteiger partial charge in [0.2, 0.25) is 0 Å². The molecule has 0 aliphatic rings. The zero-order valence-corrected chi connectivity index (χ0v) is 10.9. The van der Waals surface area contributed by atoms with Crippen LogP contribution in [0.15, 0.2) is 36.4 Å². The molecule has 0 atom stereocenters. The molecule has 2 heteroatoms. The first-order chi connectivity index (χ1) is 8.70. The van der Waals surface area contributed by atoms with Crippen molar-refractivity contribution in [1.29, 1.82) is 0 Å². The van der Waals surface area contributed by atoms with E-state index in [0.29, 0.717) is 0 Å². The van der Waals surface area contributed by atoms with Crippen LogP contribution in [0.25, 0.3) is 21.8 Å². The van der Waals surface area contributed by atoms with Crippen LogP contribution in [-0.2, 0) is 0 Å². The number of aromatic nitrogens is 1. The molecule has 0 aliphatic heterocycles. The number of hydrogen-bond donors (Lipinski definition) is 1. The van der Waals surface area contributed by atoms with Crippen molar-refractivity contribution in [3.05, 3.63) is 47.5 Å². The molecule has 2 nitrogen and oxygen atoms in total. The van der Waals surface area contributed by atoms with Gasteiger partial charge in [-0.2, -0.15) is 0 Å². The Morgan fingerprint density at radius 3 is 2.56 bits per heavy atom. The van der Waals surface area contributed by atoms with Gasteiger partial charge < -0.3 is 5.32 Å². The number of rotatable bonds is 1. The van der Waals surface area contributed by atoms with Gasteiger partial charge in [0.1, 0.15) is 0 Å². The number of anilines is 1. The summed E-state index contributed by atoms with van der Waals surface area (Å²) in [4.78, 5) is 4.77. The fourth-order valence-corrected chi connectivity index (χ4v) is 2.67. The Morgan fingerprint density at radius 1 is 1.00 bits per heavy atom. The predicted octanol–water partition coefficient (Wildman–Crippen LogP) is 4.05. The van der Waals surface area contributed by atoms with E-state index in [1.807, 2.05) is 13.1 Å². The Hall–Kier alpha value is -2.09. The lowest BCUT2D eigenvalue weighted by Gasteiger charge is -2.13. The van der Waals surface area contributed by atoms with Crippen molar-refractivity contribution >= 4 is 27.5 Å². The fraction of sp³-hybridized carbons (Fsp3) is 0.188. The number of hydrogen-bond acceptors (Lipinski definition) is 2. The van der Waals surface area contributed by atoms with Crippen LogP contribution < -0.4 is 5.32 Å². The van der Waals surface area contributed by atoms with Crippen molar-refractivity contribution in [3.63, 3.8) is 0 Å². The van der Waals surface area contributed by atoms with E-state index in [2.05, 4.69) is 49.5 Å². The van der Waals surface area contributed by atoms with E-state index in [0.717, 1.165) is 11.0 Å². The van der Waals surface area contributed by atoms with Crippen molar-refractivity contribution in [2.45, 2.75) is 13.8 Å². The van der Waals surface area contributed by atoms with E-state index in [4.69, 9.17) is 4.98 Å². The minimum absolute atomic E-state index is 1.04. The topological polar surface area (TPSA) is 24.9 Å². The van der Waals surface area contributed by atoms with Gasteiger partial charge in [0.15, 0.2) is 0 Å². The van der Waals surface area contributed by atoms with Gasteiger partial charge in [-0.1, -0.05) is 24.3 Å². The summed E-state index contributed by atoms with van der Waals surface area (Å²) >= 11 is 0. The third kappa shape index (κ3) is 1.53. The molecule has 1 N–H and O–H groups in total. The number of nitrogens with zero attached hydrogens (tertiary/aromatic N) is 1. The average Bonchev–Trinajstić information content (AvgIpc) is 2.35. The highest BCUT2D eigenvalue weighted by Gasteiger charge is 2.09. The Morgan fingerprint density at radius 2 is 1.78 bits per heavy atom. The normalized spacial score (nSPS) is 11.1. The Bertz CT molecular complexity index is 745. The third-order valence-corrected chi connectivity index (χ3v) is 3.37. The van der Waals surface area contributed by atoms with Crippen LogP contribution in [-0.4, -0.2) is 12.0 Å². The van der Waals surface area contributed by atoms with Crippen molar-refractivity contribution < 1.29 is 0 Å². The first kappa shape index (κ1) is 11.0. The molecule has 0 aliphatic carbocycles. The number of benzene rings is 2. The molecule has 18 heavy (non-hydrogen) atoms. The van der Waals surface area contributed by atoms with Crippen LogP contribution in [0.3, 0.4) is 0 Å². The molecule has 2 aromatic carbocycles. The first-order valence-corrected chi connectivity index (χ1v) is 6.18. The van der Waals surface area contributed by atoms with Crippen molar-refractivity contribution in [3.8, 4) is 0 Å². The molecule has 1 heterocycles. The Balaban J connectivity index is 2.58. The lowest BCUT2D eigenvalue weighted by atomic mass is 10.0. The van der Waals surface area contributed by atoms with E-state index in [1.54, 1.807) is 0 Å². The van der Waals surface area contributed by atoms with Gasteiger partial charge in [-0.25, -0.2) is 4.98 Å². The summed E-state index contributed by atoms with van der Waals surface area (Å²) in [6, 6.07) is 12.6. The maximum Gasteiger partial charge on any atom is 0.0735 e. The van der Waals surface area contributed by atoms with Gasteiger partial charge in [0, 0.05) is 17.8 Å². The highest BCUT2D eigenvalue weighted by molar-refractivity contribution is 6.08. The summed E-state index contributed by atoms with van der Waals surface area (Å²) in [5.41, 5.74) is 5.81. The van der Waals surface area contributed by atoms with E-state index < -0.39 is 0 Å². The summed E-state index contributed by atoms with van der Waals surface area (Å²) in [6.45, 7) is 4.26. The van der Waals surface area contributed by atoms with Crippen LogP contribution in [0.1, 0.15) is 11.1 Å². The molecular formula is C16H16N2. The second-order valence-corrected chi connectivity index (χ2v) is 4.73. The molecular weight excluding hydrogens is 220 g/mol.